The Balaban J connectivity index is 3.03. The summed E-state index contributed by atoms with van der Waals surface area (Å²) < 4.78 is 0.470. The fraction of sp³-hybridized carbons (Fsp3) is 0.417. The SMILES string of the molecule is Cc1cc(Br)cc(C)c1NC(=O)C(C)(C)Br. The van der Waals surface area contributed by atoms with E-state index in [-0.39, 0.29) is 5.91 Å². The molecular formula is C12H15Br2NO. The first-order chi connectivity index (χ1) is 7.21. The summed E-state index contributed by atoms with van der Waals surface area (Å²) >= 11 is 6.77. The fourth-order valence-corrected chi connectivity index (χ4v) is 2.16. The number of amides is 1. The van der Waals surface area contributed by atoms with Gasteiger partial charge in [-0.2, -0.15) is 0 Å². The first-order valence-electron chi connectivity index (χ1n) is 4.99. The van der Waals surface area contributed by atoms with Crippen LogP contribution < -0.4 is 5.32 Å². The lowest BCUT2D eigenvalue weighted by molar-refractivity contribution is -0.117. The average molecular weight is 349 g/mol. The van der Waals surface area contributed by atoms with Crippen molar-refractivity contribution in [3.05, 3.63) is 27.7 Å². The van der Waals surface area contributed by atoms with Crippen LogP contribution in [0.2, 0.25) is 0 Å². The number of anilines is 1. The predicted molar refractivity (Wildman–Crippen MR) is 75.3 cm³/mol. The molecule has 1 aromatic carbocycles. The summed E-state index contributed by atoms with van der Waals surface area (Å²) in [6.07, 6.45) is 0. The van der Waals surface area contributed by atoms with Gasteiger partial charge >= 0.3 is 0 Å². The Hall–Kier alpha value is -0.350. The molecular weight excluding hydrogens is 334 g/mol. The second-order valence-corrected chi connectivity index (χ2v) is 7.24. The molecule has 0 saturated heterocycles. The zero-order valence-corrected chi connectivity index (χ0v) is 13.0. The molecule has 1 amide bonds. The van der Waals surface area contributed by atoms with Crippen molar-refractivity contribution in [3.63, 3.8) is 0 Å². The Labute approximate surface area is 113 Å². The molecule has 88 valence electrons. The number of hydrogen-bond donors (Lipinski definition) is 1. The number of benzene rings is 1. The summed E-state index contributed by atoms with van der Waals surface area (Å²) in [5.41, 5.74) is 3.00. The summed E-state index contributed by atoms with van der Waals surface area (Å²) in [6.45, 7) is 7.61. The highest BCUT2D eigenvalue weighted by Gasteiger charge is 2.24. The van der Waals surface area contributed by atoms with E-state index in [0.29, 0.717) is 0 Å². The van der Waals surface area contributed by atoms with Gasteiger partial charge < -0.3 is 5.32 Å². The van der Waals surface area contributed by atoms with Crippen molar-refractivity contribution in [3.8, 4) is 0 Å². The second-order valence-electron chi connectivity index (χ2n) is 4.34. The number of carbonyl (C=O) groups excluding carboxylic acids is 1. The highest BCUT2D eigenvalue weighted by molar-refractivity contribution is 9.10. The Morgan fingerprint density at radius 1 is 1.25 bits per heavy atom. The van der Waals surface area contributed by atoms with Gasteiger partial charge in [-0.05, 0) is 51.0 Å². The molecule has 0 aliphatic carbocycles. The summed E-state index contributed by atoms with van der Waals surface area (Å²) in [6, 6.07) is 3.98. The second kappa shape index (κ2) is 4.88. The van der Waals surface area contributed by atoms with Crippen molar-refractivity contribution >= 4 is 43.5 Å². The minimum absolute atomic E-state index is 0.0407. The van der Waals surface area contributed by atoms with Crippen LogP contribution in [-0.4, -0.2) is 10.2 Å². The van der Waals surface area contributed by atoms with Gasteiger partial charge in [0.25, 0.3) is 0 Å². The lowest BCUT2D eigenvalue weighted by Crippen LogP contribution is -2.31. The quantitative estimate of drug-likeness (QED) is 0.798. The zero-order chi connectivity index (χ0) is 12.5. The highest BCUT2D eigenvalue weighted by Crippen LogP contribution is 2.27. The van der Waals surface area contributed by atoms with Crippen LogP contribution in [0.25, 0.3) is 0 Å². The first-order valence-corrected chi connectivity index (χ1v) is 6.57. The van der Waals surface area contributed by atoms with Crippen LogP contribution in [-0.2, 0) is 4.79 Å². The van der Waals surface area contributed by atoms with Crippen molar-refractivity contribution < 1.29 is 4.79 Å². The topological polar surface area (TPSA) is 29.1 Å². The Morgan fingerprint density at radius 2 is 1.69 bits per heavy atom. The molecule has 1 aromatic rings. The van der Waals surface area contributed by atoms with E-state index in [2.05, 4.69) is 37.2 Å². The largest absolute Gasteiger partial charge is 0.324 e. The molecule has 0 aliphatic heterocycles. The van der Waals surface area contributed by atoms with E-state index in [0.717, 1.165) is 21.3 Å². The van der Waals surface area contributed by atoms with Gasteiger partial charge in [0.2, 0.25) is 5.91 Å². The van der Waals surface area contributed by atoms with Crippen LogP contribution >= 0.6 is 31.9 Å². The highest BCUT2D eigenvalue weighted by atomic mass is 79.9. The third-order valence-corrected chi connectivity index (χ3v) is 3.09. The van der Waals surface area contributed by atoms with Crippen LogP contribution in [0.4, 0.5) is 5.69 Å². The Morgan fingerprint density at radius 3 is 2.06 bits per heavy atom. The molecule has 0 fully saturated rings. The van der Waals surface area contributed by atoms with E-state index >= 15 is 0 Å². The van der Waals surface area contributed by atoms with Gasteiger partial charge in [0, 0.05) is 10.2 Å². The standard InChI is InChI=1S/C12H15Br2NO/c1-7-5-9(13)6-8(2)10(7)15-11(16)12(3,4)14/h5-6H,1-4H3,(H,15,16). The molecule has 2 nitrogen and oxygen atoms in total. The summed E-state index contributed by atoms with van der Waals surface area (Å²) in [5, 5.41) is 2.94. The van der Waals surface area contributed by atoms with Crippen LogP contribution in [0, 0.1) is 13.8 Å². The van der Waals surface area contributed by atoms with Gasteiger partial charge in [0.1, 0.15) is 0 Å². The van der Waals surface area contributed by atoms with Crippen LogP contribution in [0.15, 0.2) is 16.6 Å². The van der Waals surface area contributed by atoms with E-state index in [1.165, 1.54) is 0 Å². The summed E-state index contributed by atoms with van der Waals surface area (Å²) in [7, 11) is 0. The van der Waals surface area contributed by atoms with Crippen molar-refractivity contribution in [2.75, 3.05) is 5.32 Å². The monoisotopic (exact) mass is 347 g/mol. The first kappa shape index (κ1) is 13.7. The van der Waals surface area contributed by atoms with Crippen LogP contribution in [0.5, 0.6) is 0 Å². The van der Waals surface area contributed by atoms with E-state index in [9.17, 15) is 4.79 Å². The molecule has 0 radical (unpaired) electrons. The zero-order valence-electron chi connectivity index (χ0n) is 9.82. The molecule has 0 bridgehead atoms. The third-order valence-electron chi connectivity index (χ3n) is 2.28. The molecule has 1 rings (SSSR count). The van der Waals surface area contributed by atoms with Gasteiger partial charge in [-0.3, -0.25) is 4.79 Å². The lowest BCUT2D eigenvalue weighted by Gasteiger charge is -2.18. The number of carbonyl (C=O) groups is 1. The molecule has 0 saturated carbocycles. The number of nitrogens with one attached hydrogen (secondary N) is 1. The predicted octanol–water partition coefficient (Wildman–Crippen LogP) is 4.18. The van der Waals surface area contributed by atoms with Gasteiger partial charge in [0.05, 0.1) is 4.32 Å². The summed E-state index contributed by atoms with van der Waals surface area (Å²) in [4.78, 5) is 11.9. The molecule has 0 aliphatic rings. The number of hydrogen-bond acceptors (Lipinski definition) is 1. The normalized spacial score (nSPS) is 11.4. The van der Waals surface area contributed by atoms with E-state index in [1.807, 2.05) is 39.8 Å². The number of aryl methyl sites for hydroxylation is 2. The van der Waals surface area contributed by atoms with Crippen molar-refractivity contribution in [1.29, 1.82) is 0 Å². The fourth-order valence-electron chi connectivity index (χ4n) is 1.37. The minimum Gasteiger partial charge on any atom is -0.324 e. The van der Waals surface area contributed by atoms with Crippen molar-refractivity contribution in [2.24, 2.45) is 0 Å². The van der Waals surface area contributed by atoms with Gasteiger partial charge in [-0.1, -0.05) is 31.9 Å². The number of rotatable bonds is 2. The Kier molecular flexibility index (Phi) is 4.18. The third kappa shape index (κ3) is 3.32. The molecule has 0 atom stereocenters. The molecule has 0 unspecified atom stereocenters. The van der Waals surface area contributed by atoms with E-state index in [1.54, 1.807) is 0 Å². The number of alkyl halides is 1. The Bertz CT molecular complexity index is 399. The van der Waals surface area contributed by atoms with Gasteiger partial charge in [0.15, 0.2) is 0 Å². The summed E-state index contributed by atoms with van der Waals surface area (Å²) in [5.74, 6) is -0.0407. The minimum atomic E-state index is -0.557. The molecule has 1 N–H and O–H groups in total. The molecule has 0 heterocycles. The van der Waals surface area contributed by atoms with Crippen LogP contribution in [0.3, 0.4) is 0 Å². The molecule has 16 heavy (non-hydrogen) atoms. The van der Waals surface area contributed by atoms with E-state index in [4.69, 9.17) is 0 Å². The molecule has 4 heteroatoms. The molecule has 0 aromatic heterocycles. The number of halogens is 2. The lowest BCUT2D eigenvalue weighted by atomic mass is 10.1. The van der Waals surface area contributed by atoms with Crippen LogP contribution in [0.1, 0.15) is 25.0 Å². The smallest absolute Gasteiger partial charge is 0.240 e. The molecule has 0 spiro atoms. The van der Waals surface area contributed by atoms with E-state index < -0.39 is 4.32 Å². The maximum Gasteiger partial charge on any atom is 0.240 e. The van der Waals surface area contributed by atoms with Crippen molar-refractivity contribution in [2.45, 2.75) is 32.0 Å². The maximum absolute atomic E-state index is 11.9. The average Bonchev–Trinajstić information content (AvgIpc) is 2.08. The maximum atomic E-state index is 11.9. The van der Waals surface area contributed by atoms with Gasteiger partial charge in [-0.25, -0.2) is 0 Å². The van der Waals surface area contributed by atoms with Gasteiger partial charge in [-0.15, -0.1) is 0 Å². The van der Waals surface area contributed by atoms with Crippen molar-refractivity contribution in [1.82, 2.24) is 0 Å².